The number of carbonyl (C=O) groups is 1. The van der Waals surface area contributed by atoms with Crippen molar-refractivity contribution in [2.75, 3.05) is 17.2 Å². The van der Waals surface area contributed by atoms with E-state index in [9.17, 15) is 17.6 Å². The lowest BCUT2D eigenvalue weighted by atomic mass is 10.1. The number of hydrogen-bond donors (Lipinski definition) is 1. The Labute approximate surface area is 198 Å². The second-order valence-electron chi connectivity index (χ2n) is 7.31. The normalized spacial score (nSPS) is 11.2. The molecule has 0 heterocycles. The average Bonchev–Trinajstić information content (AvgIpc) is 2.78. The molecule has 0 spiro atoms. The summed E-state index contributed by atoms with van der Waals surface area (Å²) in [6.45, 7) is 2.40. The highest BCUT2D eigenvalue weighted by atomic mass is 35.5. The summed E-state index contributed by atoms with van der Waals surface area (Å²) in [5.74, 6) is -0.328. The number of nitrogens with zero attached hydrogens (tertiary/aromatic N) is 1. The molecule has 3 aromatic carbocycles. The van der Waals surface area contributed by atoms with Crippen molar-refractivity contribution in [3.05, 3.63) is 94.3 Å². The van der Waals surface area contributed by atoms with Gasteiger partial charge in [0, 0.05) is 22.7 Å². The Balaban J connectivity index is 1.87. The van der Waals surface area contributed by atoms with Gasteiger partial charge in [-0.2, -0.15) is 0 Å². The van der Waals surface area contributed by atoms with E-state index in [0.717, 1.165) is 16.1 Å². The smallest absolute Gasteiger partial charge is 0.251 e. The largest absolute Gasteiger partial charge is 0.494 e. The van der Waals surface area contributed by atoms with E-state index < -0.39 is 15.8 Å². The van der Waals surface area contributed by atoms with Crippen LogP contribution in [0.25, 0.3) is 0 Å². The Hall–Kier alpha value is -3.10. The zero-order valence-electron chi connectivity index (χ0n) is 18.2. The molecule has 1 N–H and O–H groups in total. The van der Waals surface area contributed by atoms with Crippen LogP contribution < -0.4 is 14.4 Å². The molecule has 1 amide bonds. The fourth-order valence-corrected chi connectivity index (χ4v) is 4.19. The zero-order valence-corrected chi connectivity index (χ0v) is 19.8. The first-order valence-electron chi connectivity index (χ1n) is 10.2. The molecule has 0 radical (unpaired) electrons. The predicted octanol–water partition coefficient (Wildman–Crippen LogP) is 4.77. The molecule has 0 aliphatic carbocycles. The van der Waals surface area contributed by atoms with Crippen LogP contribution in [0.1, 0.15) is 28.4 Å². The van der Waals surface area contributed by atoms with Crippen molar-refractivity contribution < 1.29 is 22.3 Å². The molecule has 0 aliphatic rings. The highest BCUT2D eigenvalue weighted by Crippen LogP contribution is 2.27. The van der Waals surface area contributed by atoms with Crippen LogP contribution in [-0.2, 0) is 23.1 Å². The van der Waals surface area contributed by atoms with E-state index >= 15 is 0 Å². The van der Waals surface area contributed by atoms with Crippen LogP contribution in [0.2, 0.25) is 5.02 Å². The summed E-state index contributed by atoms with van der Waals surface area (Å²) in [5, 5.41) is 3.45. The number of halogens is 2. The van der Waals surface area contributed by atoms with Gasteiger partial charge in [-0.25, -0.2) is 12.8 Å². The fraction of sp³-hybridized carbons (Fsp3) is 0.208. The molecular formula is C24H24ClFN2O4S. The lowest BCUT2D eigenvalue weighted by Crippen LogP contribution is -2.30. The standard InChI is InChI=1S/C24H24ClFN2O4S/c1-3-32-23-13-6-18(24(29)27-15-17-4-7-20(25)8-5-17)14-19(23)16-28(33(2,30)31)22-11-9-21(26)10-12-22/h4-14H,3,15-16H2,1-2H3,(H,27,29). The molecule has 3 rings (SSSR count). The maximum absolute atomic E-state index is 13.4. The van der Waals surface area contributed by atoms with E-state index in [4.69, 9.17) is 16.3 Å². The van der Waals surface area contributed by atoms with Crippen molar-refractivity contribution in [2.24, 2.45) is 0 Å². The summed E-state index contributed by atoms with van der Waals surface area (Å²) in [5.41, 5.74) is 2.05. The van der Waals surface area contributed by atoms with Crippen molar-refractivity contribution in [3.63, 3.8) is 0 Å². The SMILES string of the molecule is CCOc1ccc(C(=O)NCc2ccc(Cl)cc2)cc1CN(c1ccc(F)cc1)S(C)(=O)=O. The first-order valence-corrected chi connectivity index (χ1v) is 12.4. The topological polar surface area (TPSA) is 75.7 Å². The molecule has 0 atom stereocenters. The first kappa shape index (κ1) is 24.5. The Kier molecular flexibility index (Phi) is 7.94. The van der Waals surface area contributed by atoms with Gasteiger partial charge in [-0.05, 0) is 67.1 Å². The third-order valence-electron chi connectivity index (χ3n) is 4.82. The highest BCUT2D eigenvalue weighted by molar-refractivity contribution is 7.92. The Morgan fingerprint density at radius 3 is 2.33 bits per heavy atom. The zero-order chi connectivity index (χ0) is 24.0. The van der Waals surface area contributed by atoms with E-state index in [1.54, 1.807) is 30.3 Å². The van der Waals surface area contributed by atoms with Gasteiger partial charge >= 0.3 is 0 Å². The number of ether oxygens (including phenoxy) is 1. The maximum Gasteiger partial charge on any atom is 0.251 e. The van der Waals surface area contributed by atoms with Gasteiger partial charge in [0.25, 0.3) is 5.91 Å². The molecule has 0 aliphatic heterocycles. The third-order valence-corrected chi connectivity index (χ3v) is 6.21. The third kappa shape index (κ3) is 6.69. The second kappa shape index (κ2) is 10.7. The van der Waals surface area contributed by atoms with Crippen LogP contribution in [0, 0.1) is 5.82 Å². The predicted molar refractivity (Wildman–Crippen MR) is 128 cm³/mol. The lowest BCUT2D eigenvalue weighted by Gasteiger charge is -2.24. The summed E-state index contributed by atoms with van der Waals surface area (Å²) in [6, 6.07) is 17.1. The number of amides is 1. The number of benzene rings is 3. The summed E-state index contributed by atoms with van der Waals surface area (Å²) in [7, 11) is -3.70. The van der Waals surface area contributed by atoms with Crippen molar-refractivity contribution in [1.82, 2.24) is 5.32 Å². The molecule has 0 saturated carbocycles. The van der Waals surface area contributed by atoms with E-state index in [-0.39, 0.29) is 12.5 Å². The van der Waals surface area contributed by atoms with Crippen molar-refractivity contribution in [2.45, 2.75) is 20.0 Å². The van der Waals surface area contributed by atoms with Crippen LogP contribution in [-0.4, -0.2) is 27.2 Å². The Morgan fingerprint density at radius 1 is 1.06 bits per heavy atom. The molecule has 0 saturated heterocycles. The minimum atomic E-state index is -3.70. The molecule has 174 valence electrons. The van der Waals surface area contributed by atoms with Gasteiger partial charge in [0.15, 0.2) is 0 Å². The number of rotatable bonds is 9. The number of anilines is 1. The molecule has 0 aromatic heterocycles. The van der Waals surface area contributed by atoms with Crippen LogP contribution in [0.5, 0.6) is 5.75 Å². The monoisotopic (exact) mass is 490 g/mol. The van der Waals surface area contributed by atoms with Crippen molar-refractivity contribution >= 4 is 33.2 Å². The molecular weight excluding hydrogens is 467 g/mol. The first-order chi connectivity index (χ1) is 15.7. The molecule has 3 aromatic rings. The lowest BCUT2D eigenvalue weighted by molar-refractivity contribution is 0.0950. The van der Waals surface area contributed by atoms with Crippen LogP contribution in [0.15, 0.2) is 66.7 Å². The minimum absolute atomic E-state index is 0.0852. The molecule has 6 nitrogen and oxygen atoms in total. The second-order valence-corrected chi connectivity index (χ2v) is 9.65. The summed E-state index contributed by atoms with van der Waals surface area (Å²) in [6.07, 6.45) is 1.07. The van der Waals surface area contributed by atoms with Crippen molar-refractivity contribution in [1.29, 1.82) is 0 Å². The van der Waals surface area contributed by atoms with Gasteiger partial charge < -0.3 is 10.1 Å². The van der Waals surface area contributed by atoms with Gasteiger partial charge in [-0.3, -0.25) is 9.10 Å². The van der Waals surface area contributed by atoms with Crippen LogP contribution in [0.4, 0.5) is 10.1 Å². The van der Waals surface area contributed by atoms with Gasteiger partial charge in [0.2, 0.25) is 10.0 Å². The maximum atomic E-state index is 13.4. The number of nitrogens with one attached hydrogen (secondary N) is 1. The summed E-state index contributed by atoms with van der Waals surface area (Å²) in [4.78, 5) is 12.7. The van der Waals surface area contributed by atoms with Gasteiger partial charge in [-0.15, -0.1) is 0 Å². The average molecular weight is 491 g/mol. The van der Waals surface area contributed by atoms with E-state index in [1.807, 2.05) is 19.1 Å². The molecule has 33 heavy (non-hydrogen) atoms. The van der Waals surface area contributed by atoms with Crippen molar-refractivity contribution in [3.8, 4) is 5.75 Å². The fourth-order valence-electron chi connectivity index (χ4n) is 3.19. The van der Waals surface area contributed by atoms with Gasteiger partial charge in [0.1, 0.15) is 11.6 Å². The molecule has 0 unspecified atom stereocenters. The van der Waals surface area contributed by atoms with Crippen LogP contribution in [0.3, 0.4) is 0 Å². The molecule has 9 heteroatoms. The van der Waals surface area contributed by atoms with Gasteiger partial charge in [0.05, 0.1) is 25.1 Å². The highest BCUT2D eigenvalue weighted by Gasteiger charge is 2.21. The number of sulfonamides is 1. The quantitative estimate of drug-likeness (QED) is 0.468. The summed E-state index contributed by atoms with van der Waals surface area (Å²) < 4.78 is 45.1. The summed E-state index contributed by atoms with van der Waals surface area (Å²) >= 11 is 5.89. The van der Waals surface area contributed by atoms with E-state index in [0.29, 0.717) is 40.7 Å². The number of carbonyl (C=O) groups excluding carboxylic acids is 1. The van der Waals surface area contributed by atoms with Gasteiger partial charge in [-0.1, -0.05) is 23.7 Å². The Bertz CT molecular complexity index is 1220. The van der Waals surface area contributed by atoms with E-state index in [2.05, 4.69) is 5.32 Å². The van der Waals surface area contributed by atoms with Crippen LogP contribution >= 0.6 is 11.6 Å². The molecule has 0 bridgehead atoms. The van der Waals surface area contributed by atoms with E-state index in [1.165, 1.54) is 24.3 Å². The molecule has 0 fully saturated rings. The number of hydrogen-bond acceptors (Lipinski definition) is 4. The minimum Gasteiger partial charge on any atom is -0.494 e. The Morgan fingerprint density at radius 2 is 1.73 bits per heavy atom.